The van der Waals surface area contributed by atoms with Crippen LogP contribution in [0.1, 0.15) is 53.8 Å². The predicted molar refractivity (Wildman–Crippen MR) is 112 cm³/mol. The molecule has 1 saturated heterocycles. The van der Waals surface area contributed by atoms with E-state index in [0.29, 0.717) is 18.2 Å². The lowest BCUT2D eigenvalue weighted by Gasteiger charge is -2.32. The van der Waals surface area contributed by atoms with Crippen molar-refractivity contribution >= 4 is 17.7 Å². The standard InChI is InChI=1S/C21H24N6OS/c1-29-21-22-9-11-26(21)18-6-2-4-15(12-18)20(28)25-10-3-5-16(13-25)19-24-23-14-27(19)17-7-8-17/h2,4,6,9,11-12,14,16-17H,3,5,7-8,10,13H2,1H3. The summed E-state index contributed by atoms with van der Waals surface area (Å²) in [7, 11) is 0. The summed E-state index contributed by atoms with van der Waals surface area (Å²) in [5.74, 6) is 1.39. The number of amides is 1. The van der Waals surface area contributed by atoms with Crippen LogP contribution in [-0.2, 0) is 0 Å². The Morgan fingerprint density at radius 2 is 2.14 bits per heavy atom. The van der Waals surface area contributed by atoms with Crippen LogP contribution >= 0.6 is 11.8 Å². The molecule has 0 N–H and O–H groups in total. The van der Waals surface area contributed by atoms with Crippen molar-refractivity contribution in [2.45, 2.75) is 42.8 Å². The number of benzene rings is 1. The van der Waals surface area contributed by atoms with Gasteiger partial charge in [0.05, 0.1) is 0 Å². The lowest BCUT2D eigenvalue weighted by Crippen LogP contribution is -2.39. The number of carbonyl (C=O) groups is 1. The van der Waals surface area contributed by atoms with Gasteiger partial charge in [0, 0.05) is 48.7 Å². The van der Waals surface area contributed by atoms with E-state index in [0.717, 1.165) is 36.1 Å². The highest BCUT2D eigenvalue weighted by Gasteiger charge is 2.32. The third-order valence-electron chi connectivity index (χ3n) is 5.78. The maximum absolute atomic E-state index is 13.3. The van der Waals surface area contributed by atoms with Gasteiger partial charge >= 0.3 is 0 Å². The molecule has 0 bridgehead atoms. The zero-order valence-corrected chi connectivity index (χ0v) is 17.3. The molecule has 1 unspecified atom stereocenters. The second-order valence-corrected chi connectivity index (χ2v) is 8.53. The predicted octanol–water partition coefficient (Wildman–Crippen LogP) is 3.54. The molecule has 5 rings (SSSR count). The molecular formula is C21H24N6OS. The van der Waals surface area contributed by atoms with Crippen LogP contribution in [0.15, 0.2) is 48.1 Å². The van der Waals surface area contributed by atoms with Crippen LogP contribution in [0.3, 0.4) is 0 Å². The Labute approximate surface area is 174 Å². The third kappa shape index (κ3) is 3.57. The molecule has 2 aliphatic rings. The zero-order valence-electron chi connectivity index (χ0n) is 16.4. The molecule has 1 amide bonds. The summed E-state index contributed by atoms with van der Waals surface area (Å²) < 4.78 is 4.24. The minimum atomic E-state index is 0.0832. The van der Waals surface area contributed by atoms with Gasteiger partial charge in [-0.3, -0.25) is 9.36 Å². The molecule has 1 atom stereocenters. The van der Waals surface area contributed by atoms with Crippen LogP contribution in [0.5, 0.6) is 0 Å². The van der Waals surface area contributed by atoms with Gasteiger partial charge in [0.25, 0.3) is 5.91 Å². The summed E-state index contributed by atoms with van der Waals surface area (Å²) >= 11 is 1.59. The van der Waals surface area contributed by atoms with Crippen molar-refractivity contribution in [3.8, 4) is 5.69 Å². The molecule has 3 heterocycles. The van der Waals surface area contributed by atoms with Crippen molar-refractivity contribution in [3.63, 3.8) is 0 Å². The van der Waals surface area contributed by atoms with E-state index in [1.807, 2.05) is 52.5 Å². The number of likely N-dealkylation sites (tertiary alicyclic amines) is 1. The van der Waals surface area contributed by atoms with Crippen molar-refractivity contribution in [1.29, 1.82) is 0 Å². The van der Waals surface area contributed by atoms with E-state index in [-0.39, 0.29) is 11.8 Å². The van der Waals surface area contributed by atoms with Crippen LogP contribution in [0.25, 0.3) is 5.69 Å². The number of thioether (sulfide) groups is 1. The van der Waals surface area contributed by atoms with Gasteiger partial charge in [0.2, 0.25) is 0 Å². The van der Waals surface area contributed by atoms with Gasteiger partial charge in [0.15, 0.2) is 5.16 Å². The molecule has 29 heavy (non-hydrogen) atoms. The topological polar surface area (TPSA) is 68.8 Å². The Bertz CT molecular complexity index is 1020. The van der Waals surface area contributed by atoms with Gasteiger partial charge in [-0.25, -0.2) is 4.98 Å². The van der Waals surface area contributed by atoms with Crippen molar-refractivity contribution in [2.75, 3.05) is 19.3 Å². The Morgan fingerprint density at radius 3 is 2.97 bits per heavy atom. The summed E-state index contributed by atoms with van der Waals surface area (Å²) in [6.07, 6.45) is 12.0. The fourth-order valence-corrected chi connectivity index (χ4v) is 4.69. The fraction of sp³-hybridized carbons (Fsp3) is 0.429. The smallest absolute Gasteiger partial charge is 0.253 e. The second-order valence-electron chi connectivity index (χ2n) is 7.75. The van der Waals surface area contributed by atoms with Gasteiger partial charge in [-0.2, -0.15) is 0 Å². The first-order chi connectivity index (χ1) is 14.2. The van der Waals surface area contributed by atoms with Gasteiger partial charge in [-0.15, -0.1) is 10.2 Å². The number of carbonyl (C=O) groups excluding carboxylic acids is 1. The normalized spacial score (nSPS) is 19.5. The SMILES string of the molecule is CSc1nccn1-c1cccc(C(=O)N2CCCC(c3nncn3C3CC3)C2)c1. The Kier molecular flexibility index (Phi) is 4.87. The van der Waals surface area contributed by atoms with Crippen LogP contribution in [0.4, 0.5) is 0 Å². The summed E-state index contributed by atoms with van der Waals surface area (Å²) in [6, 6.07) is 8.37. The maximum atomic E-state index is 13.3. The van der Waals surface area contributed by atoms with E-state index in [1.165, 1.54) is 12.8 Å². The van der Waals surface area contributed by atoms with Gasteiger partial charge < -0.3 is 9.47 Å². The average molecular weight is 409 g/mol. The van der Waals surface area contributed by atoms with E-state index >= 15 is 0 Å². The summed E-state index contributed by atoms with van der Waals surface area (Å²) in [5.41, 5.74) is 1.67. The molecule has 8 heteroatoms. The molecule has 0 radical (unpaired) electrons. The largest absolute Gasteiger partial charge is 0.338 e. The molecule has 1 aliphatic heterocycles. The molecule has 2 fully saturated rings. The first kappa shape index (κ1) is 18.4. The average Bonchev–Trinajstić information content (AvgIpc) is 3.29. The van der Waals surface area contributed by atoms with Gasteiger partial charge in [-0.05, 0) is 50.1 Å². The number of rotatable bonds is 5. The molecule has 1 aliphatic carbocycles. The number of nitrogens with zero attached hydrogens (tertiary/aromatic N) is 6. The van der Waals surface area contributed by atoms with Crippen LogP contribution in [0, 0.1) is 0 Å². The highest BCUT2D eigenvalue weighted by atomic mass is 32.2. The molecule has 1 saturated carbocycles. The molecule has 2 aromatic heterocycles. The van der Waals surface area contributed by atoms with Crippen LogP contribution in [0.2, 0.25) is 0 Å². The minimum absolute atomic E-state index is 0.0832. The first-order valence-electron chi connectivity index (χ1n) is 10.1. The number of hydrogen-bond donors (Lipinski definition) is 0. The van der Waals surface area contributed by atoms with Gasteiger partial charge in [0.1, 0.15) is 12.2 Å². The molecular weight excluding hydrogens is 384 g/mol. The summed E-state index contributed by atoms with van der Waals surface area (Å²) in [4.78, 5) is 19.6. The van der Waals surface area contributed by atoms with E-state index in [2.05, 4.69) is 19.7 Å². The summed E-state index contributed by atoms with van der Waals surface area (Å²) in [5, 5.41) is 9.45. The number of piperidine rings is 1. The Balaban J connectivity index is 1.36. The van der Waals surface area contributed by atoms with Crippen molar-refractivity contribution in [2.24, 2.45) is 0 Å². The molecule has 0 spiro atoms. The lowest BCUT2D eigenvalue weighted by molar-refractivity contribution is 0.0703. The van der Waals surface area contributed by atoms with E-state index < -0.39 is 0 Å². The fourth-order valence-electron chi connectivity index (χ4n) is 4.16. The molecule has 150 valence electrons. The Hall–Kier alpha value is -2.61. The second kappa shape index (κ2) is 7.67. The monoisotopic (exact) mass is 408 g/mol. The highest BCUT2D eigenvalue weighted by molar-refractivity contribution is 7.98. The maximum Gasteiger partial charge on any atom is 0.253 e. The Morgan fingerprint density at radius 1 is 1.24 bits per heavy atom. The quantitative estimate of drug-likeness (QED) is 0.604. The van der Waals surface area contributed by atoms with Crippen molar-refractivity contribution in [3.05, 3.63) is 54.4 Å². The lowest BCUT2D eigenvalue weighted by atomic mass is 9.96. The number of aromatic nitrogens is 5. The molecule has 1 aromatic carbocycles. The van der Waals surface area contributed by atoms with E-state index in [9.17, 15) is 4.79 Å². The number of imidazole rings is 1. The zero-order chi connectivity index (χ0) is 19.8. The number of hydrogen-bond acceptors (Lipinski definition) is 5. The molecule has 7 nitrogen and oxygen atoms in total. The minimum Gasteiger partial charge on any atom is -0.338 e. The van der Waals surface area contributed by atoms with Crippen LogP contribution in [-0.4, -0.2) is 54.5 Å². The highest BCUT2D eigenvalue weighted by Crippen LogP contribution is 2.38. The van der Waals surface area contributed by atoms with Crippen LogP contribution < -0.4 is 0 Å². The van der Waals surface area contributed by atoms with E-state index in [1.54, 1.807) is 18.0 Å². The van der Waals surface area contributed by atoms with Crippen molar-refractivity contribution in [1.82, 2.24) is 29.2 Å². The summed E-state index contributed by atoms with van der Waals surface area (Å²) in [6.45, 7) is 1.49. The van der Waals surface area contributed by atoms with E-state index in [4.69, 9.17) is 0 Å². The first-order valence-corrected chi connectivity index (χ1v) is 11.3. The molecule has 3 aromatic rings. The van der Waals surface area contributed by atoms with Crippen molar-refractivity contribution < 1.29 is 4.79 Å². The van der Waals surface area contributed by atoms with Gasteiger partial charge in [-0.1, -0.05) is 17.8 Å². The third-order valence-corrected chi connectivity index (χ3v) is 6.44.